The summed E-state index contributed by atoms with van der Waals surface area (Å²) >= 11 is 2.02. The number of para-hydroxylation sites is 2. The molecule has 284 valence electrons. The summed E-state index contributed by atoms with van der Waals surface area (Å²) in [5, 5.41) is 7.54. The summed E-state index contributed by atoms with van der Waals surface area (Å²) < 4.78 is 9.62. The lowest BCUT2D eigenvalue weighted by molar-refractivity contribution is -0.00442. The molecule has 0 atom stereocenters. The Bertz CT molecular complexity index is 3220. The van der Waals surface area contributed by atoms with E-state index in [0.29, 0.717) is 5.41 Å². The van der Waals surface area contributed by atoms with Gasteiger partial charge in [-0.15, -0.1) is 11.3 Å². The first-order valence-electron chi connectivity index (χ1n) is 21.5. The van der Waals surface area contributed by atoms with Crippen molar-refractivity contribution in [2.45, 2.75) is 43.9 Å². The highest BCUT2D eigenvalue weighted by Crippen LogP contribution is 2.62. The average Bonchev–Trinajstić information content (AvgIpc) is 3.85. The largest absolute Gasteiger partial charge is 0.454 e. The molecule has 14 rings (SSSR count). The summed E-state index contributed by atoms with van der Waals surface area (Å²) in [6, 6.07) is 62.7. The molecule has 2 nitrogen and oxygen atoms in total. The normalized spacial score (nSPS) is 21.1. The number of fused-ring (bicyclic) bond motifs is 7. The van der Waals surface area contributed by atoms with Crippen LogP contribution in [-0.2, 0) is 5.41 Å². The molecule has 59 heavy (non-hydrogen) atoms. The van der Waals surface area contributed by atoms with Crippen LogP contribution >= 0.6 is 11.3 Å². The Kier molecular flexibility index (Phi) is 7.40. The number of anilines is 3. The third-order valence-corrected chi connectivity index (χ3v) is 15.6. The van der Waals surface area contributed by atoms with E-state index in [-0.39, 0.29) is 0 Å². The van der Waals surface area contributed by atoms with E-state index in [4.69, 9.17) is 4.42 Å². The maximum absolute atomic E-state index is 6.74. The van der Waals surface area contributed by atoms with Crippen molar-refractivity contribution in [1.29, 1.82) is 0 Å². The molecule has 0 radical (unpaired) electrons. The Balaban J connectivity index is 0.979. The van der Waals surface area contributed by atoms with Crippen LogP contribution in [0.1, 0.15) is 44.1 Å². The van der Waals surface area contributed by atoms with Crippen LogP contribution in [0.15, 0.2) is 174 Å². The predicted molar refractivity (Wildman–Crippen MR) is 250 cm³/mol. The number of rotatable bonds is 6. The molecule has 4 bridgehead atoms. The number of nitrogens with zero attached hydrogens (tertiary/aromatic N) is 1. The van der Waals surface area contributed by atoms with Crippen molar-refractivity contribution in [3.63, 3.8) is 0 Å². The molecule has 4 saturated carbocycles. The number of thiophene rings is 1. The molecule has 4 fully saturated rings. The lowest BCUT2D eigenvalue weighted by Crippen LogP contribution is -2.48. The molecule has 0 spiro atoms. The van der Waals surface area contributed by atoms with Gasteiger partial charge in [0.2, 0.25) is 0 Å². The number of furan rings is 1. The Morgan fingerprint density at radius 2 is 1.14 bits per heavy atom. The zero-order valence-electron chi connectivity index (χ0n) is 32.9. The van der Waals surface area contributed by atoms with Gasteiger partial charge in [0.25, 0.3) is 0 Å². The molecule has 4 aliphatic carbocycles. The van der Waals surface area contributed by atoms with Crippen LogP contribution in [0.25, 0.3) is 75.1 Å². The Morgan fingerprint density at radius 1 is 0.508 bits per heavy atom. The smallest absolute Gasteiger partial charge is 0.159 e. The van der Waals surface area contributed by atoms with Crippen molar-refractivity contribution in [2.75, 3.05) is 4.90 Å². The van der Waals surface area contributed by atoms with Crippen LogP contribution in [-0.4, -0.2) is 0 Å². The first kappa shape index (κ1) is 33.8. The summed E-state index contributed by atoms with van der Waals surface area (Å²) in [7, 11) is 0. The molecule has 3 heteroatoms. The van der Waals surface area contributed by atoms with Gasteiger partial charge in [-0.2, -0.15) is 0 Å². The van der Waals surface area contributed by atoms with Gasteiger partial charge in [0.15, 0.2) is 5.58 Å². The molecule has 0 amide bonds. The minimum Gasteiger partial charge on any atom is -0.454 e. The summed E-state index contributed by atoms with van der Waals surface area (Å²) in [6.45, 7) is 0. The lowest BCUT2D eigenvalue weighted by Gasteiger charge is -2.57. The second kappa shape index (κ2) is 12.9. The molecule has 0 saturated heterocycles. The van der Waals surface area contributed by atoms with E-state index in [2.05, 4.69) is 175 Å². The number of benzene rings is 8. The minimum absolute atomic E-state index is 0.356. The topological polar surface area (TPSA) is 16.4 Å². The lowest BCUT2D eigenvalue weighted by atomic mass is 9.48. The van der Waals surface area contributed by atoms with Crippen LogP contribution in [0.2, 0.25) is 0 Å². The van der Waals surface area contributed by atoms with E-state index in [0.717, 1.165) is 56.8 Å². The van der Waals surface area contributed by atoms with E-state index >= 15 is 0 Å². The Morgan fingerprint density at radius 3 is 1.90 bits per heavy atom. The number of hydrogen-bond donors (Lipinski definition) is 0. The van der Waals surface area contributed by atoms with E-state index in [1.807, 2.05) is 11.3 Å². The molecular formula is C56H43NOS. The number of hydrogen-bond acceptors (Lipinski definition) is 3. The monoisotopic (exact) mass is 777 g/mol. The highest BCUT2D eigenvalue weighted by atomic mass is 32.1. The first-order chi connectivity index (χ1) is 29.2. The highest BCUT2D eigenvalue weighted by Gasteiger charge is 2.52. The van der Waals surface area contributed by atoms with Gasteiger partial charge >= 0.3 is 0 Å². The summed E-state index contributed by atoms with van der Waals surface area (Å²) in [5.41, 5.74) is 12.0. The van der Waals surface area contributed by atoms with Crippen molar-refractivity contribution in [1.82, 2.24) is 0 Å². The van der Waals surface area contributed by atoms with Gasteiger partial charge in [-0.25, -0.2) is 0 Å². The predicted octanol–water partition coefficient (Wildman–Crippen LogP) is 16.4. The van der Waals surface area contributed by atoms with Gasteiger partial charge < -0.3 is 9.32 Å². The Hall–Kier alpha value is -6.16. The van der Waals surface area contributed by atoms with Crippen molar-refractivity contribution in [3.8, 4) is 22.3 Å². The maximum Gasteiger partial charge on any atom is 0.159 e. The second-order valence-corrected chi connectivity index (χ2v) is 18.9. The quantitative estimate of drug-likeness (QED) is 0.167. The highest BCUT2D eigenvalue weighted by molar-refractivity contribution is 7.26. The van der Waals surface area contributed by atoms with Crippen molar-refractivity contribution >= 4 is 81.3 Å². The third kappa shape index (κ3) is 5.23. The van der Waals surface area contributed by atoms with Crippen LogP contribution in [0.3, 0.4) is 0 Å². The van der Waals surface area contributed by atoms with Crippen molar-refractivity contribution in [2.24, 2.45) is 17.8 Å². The van der Waals surface area contributed by atoms with Crippen LogP contribution in [0, 0.1) is 17.8 Å². The van der Waals surface area contributed by atoms with E-state index in [1.54, 1.807) is 5.56 Å². The van der Waals surface area contributed by atoms with Gasteiger partial charge in [0, 0.05) is 42.3 Å². The molecule has 8 aromatic carbocycles. The molecule has 4 aliphatic rings. The molecule has 10 aromatic rings. The van der Waals surface area contributed by atoms with Gasteiger partial charge in [-0.05, 0) is 143 Å². The molecule has 2 heterocycles. The van der Waals surface area contributed by atoms with Gasteiger partial charge in [-0.1, -0.05) is 127 Å². The van der Waals surface area contributed by atoms with E-state index in [1.165, 1.54) is 91.7 Å². The molecule has 0 N–H and O–H groups in total. The minimum atomic E-state index is 0.356. The standard InChI is InChI=1S/C56H43NOS/c1-2-10-38(11-3-1)43-15-6-12-40-13-7-16-44(53(40)43)39-22-24-41(25-23-39)57(50-20-9-17-46-45-14-4-5-21-51(45)58-54(46)50)42-26-27-52-48(31-42)47-18-8-19-49(55(47)59-52)56-32-35-28-36(33-56)30-37(29-35)34-56/h1-27,31,35-37H,28-30,32-34H2. The summed E-state index contributed by atoms with van der Waals surface area (Å²) in [6.07, 6.45) is 8.56. The molecular weight excluding hydrogens is 735 g/mol. The maximum atomic E-state index is 6.74. The van der Waals surface area contributed by atoms with Gasteiger partial charge in [0.05, 0.1) is 5.69 Å². The van der Waals surface area contributed by atoms with Crippen LogP contribution in [0.4, 0.5) is 17.1 Å². The molecule has 0 aliphatic heterocycles. The molecule has 2 aromatic heterocycles. The Labute approximate surface area is 348 Å². The fourth-order valence-electron chi connectivity index (χ4n) is 12.3. The first-order valence-corrected chi connectivity index (χ1v) is 22.3. The van der Waals surface area contributed by atoms with E-state index in [9.17, 15) is 0 Å². The SMILES string of the molecule is c1ccc(-c2cccc3cccc(-c4ccc(N(c5ccc6sc7c(C89CC%10CC(CC(C%10)C8)C9)cccc7c6c5)c5cccc6c5oc5ccccc56)cc4)c23)cc1. The van der Waals surface area contributed by atoms with Gasteiger partial charge in [0.1, 0.15) is 5.58 Å². The average molecular weight is 778 g/mol. The van der Waals surface area contributed by atoms with Crippen LogP contribution in [0.5, 0.6) is 0 Å². The molecule has 0 unspecified atom stereocenters. The zero-order chi connectivity index (χ0) is 38.7. The second-order valence-electron chi connectivity index (χ2n) is 17.9. The third-order valence-electron chi connectivity index (χ3n) is 14.4. The van der Waals surface area contributed by atoms with Gasteiger partial charge in [-0.3, -0.25) is 0 Å². The van der Waals surface area contributed by atoms with Crippen molar-refractivity contribution < 1.29 is 4.42 Å². The summed E-state index contributed by atoms with van der Waals surface area (Å²) in [4.78, 5) is 2.42. The van der Waals surface area contributed by atoms with Crippen LogP contribution < -0.4 is 4.90 Å². The van der Waals surface area contributed by atoms with E-state index < -0.39 is 0 Å². The summed E-state index contributed by atoms with van der Waals surface area (Å²) in [5.74, 6) is 2.76. The fourth-order valence-corrected chi connectivity index (χ4v) is 13.7. The van der Waals surface area contributed by atoms with Crippen molar-refractivity contribution in [3.05, 3.63) is 175 Å². The fraction of sp³-hybridized carbons (Fsp3) is 0.179. The zero-order valence-corrected chi connectivity index (χ0v) is 33.7.